The molecule has 0 heterocycles. The van der Waals surface area contributed by atoms with E-state index in [0.717, 1.165) is 5.56 Å². The molecule has 2 rings (SSSR count). The zero-order valence-electron chi connectivity index (χ0n) is 10.1. The van der Waals surface area contributed by atoms with E-state index in [2.05, 4.69) is 0 Å². The molecule has 19 heavy (non-hydrogen) atoms. The van der Waals surface area contributed by atoms with Gasteiger partial charge in [0.25, 0.3) is 0 Å². The molecule has 0 N–H and O–H groups in total. The molecule has 0 radical (unpaired) electrons. The lowest BCUT2D eigenvalue weighted by Gasteiger charge is -2.06. The predicted octanol–water partition coefficient (Wildman–Crippen LogP) is 4.07. The molecule has 2 aromatic carbocycles. The highest BCUT2D eigenvalue weighted by molar-refractivity contribution is 6.30. The maximum Gasteiger partial charge on any atom is 0.123 e. The van der Waals surface area contributed by atoms with Gasteiger partial charge in [0.05, 0.1) is 24.8 Å². The lowest BCUT2D eigenvalue weighted by atomic mass is 10.1. The standard InChI is InChI=1S/C15H11ClFNO/c16-14-4-1-11(2-5-14)9-19-10-13-7-15(17)6-3-12(13)8-18/h1-7H,9-10H2. The minimum Gasteiger partial charge on any atom is -0.372 e. The number of hydrogen-bond acceptors (Lipinski definition) is 2. The van der Waals surface area contributed by atoms with Crippen molar-refractivity contribution in [2.24, 2.45) is 0 Å². The number of nitriles is 1. The van der Waals surface area contributed by atoms with Gasteiger partial charge in [-0.2, -0.15) is 5.26 Å². The largest absolute Gasteiger partial charge is 0.372 e. The monoisotopic (exact) mass is 275 g/mol. The van der Waals surface area contributed by atoms with E-state index in [1.54, 1.807) is 12.1 Å². The van der Waals surface area contributed by atoms with Crippen LogP contribution in [0.3, 0.4) is 0 Å². The van der Waals surface area contributed by atoms with Crippen LogP contribution in [-0.4, -0.2) is 0 Å². The van der Waals surface area contributed by atoms with Crippen LogP contribution in [0, 0.1) is 17.1 Å². The molecule has 0 bridgehead atoms. The second-order valence-electron chi connectivity index (χ2n) is 4.03. The fourth-order valence-corrected chi connectivity index (χ4v) is 1.78. The summed E-state index contributed by atoms with van der Waals surface area (Å²) < 4.78 is 18.6. The first-order valence-electron chi connectivity index (χ1n) is 5.70. The highest BCUT2D eigenvalue weighted by Crippen LogP contribution is 2.14. The van der Waals surface area contributed by atoms with Gasteiger partial charge in [-0.05, 0) is 41.5 Å². The average molecular weight is 276 g/mol. The Bertz CT molecular complexity index is 605. The van der Waals surface area contributed by atoms with E-state index in [4.69, 9.17) is 21.6 Å². The lowest BCUT2D eigenvalue weighted by molar-refractivity contribution is 0.107. The summed E-state index contributed by atoms with van der Waals surface area (Å²) in [4.78, 5) is 0. The van der Waals surface area contributed by atoms with Crippen molar-refractivity contribution in [2.45, 2.75) is 13.2 Å². The van der Waals surface area contributed by atoms with Gasteiger partial charge < -0.3 is 4.74 Å². The van der Waals surface area contributed by atoms with E-state index in [9.17, 15) is 4.39 Å². The fraction of sp³-hybridized carbons (Fsp3) is 0.133. The van der Waals surface area contributed by atoms with Gasteiger partial charge in [0.1, 0.15) is 5.82 Å². The highest BCUT2D eigenvalue weighted by atomic mass is 35.5. The molecule has 2 nitrogen and oxygen atoms in total. The van der Waals surface area contributed by atoms with E-state index >= 15 is 0 Å². The quantitative estimate of drug-likeness (QED) is 0.843. The Morgan fingerprint density at radius 1 is 1.11 bits per heavy atom. The smallest absolute Gasteiger partial charge is 0.123 e. The van der Waals surface area contributed by atoms with Crippen molar-refractivity contribution in [3.05, 3.63) is 70.0 Å². The molecule has 0 fully saturated rings. The Morgan fingerprint density at radius 2 is 1.84 bits per heavy atom. The Morgan fingerprint density at radius 3 is 2.53 bits per heavy atom. The summed E-state index contributed by atoms with van der Waals surface area (Å²) in [5.41, 5.74) is 1.95. The Hall–Kier alpha value is -1.89. The van der Waals surface area contributed by atoms with Crippen molar-refractivity contribution in [1.29, 1.82) is 5.26 Å². The van der Waals surface area contributed by atoms with Crippen LogP contribution in [0.2, 0.25) is 5.02 Å². The molecule has 0 unspecified atom stereocenters. The Labute approximate surface area is 116 Å². The molecule has 0 saturated heterocycles. The molecule has 0 aliphatic rings. The molecule has 0 atom stereocenters. The van der Waals surface area contributed by atoms with Crippen molar-refractivity contribution in [2.75, 3.05) is 0 Å². The molecule has 96 valence electrons. The lowest BCUT2D eigenvalue weighted by Crippen LogP contribution is -1.97. The summed E-state index contributed by atoms with van der Waals surface area (Å²) in [7, 11) is 0. The van der Waals surface area contributed by atoms with Gasteiger partial charge in [0.2, 0.25) is 0 Å². The number of benzene rings is 2. The number of nitrogens with zero attached hydrogens (tertiary/aromatic N) is 1. The van der Waals surface area contributed by atoms with Crippen molar-refractivity contribution >= 4 is 11.6 Å². The van der Waals surface area contributed by atoms with Crippen molar-refractivity contribution in [3.63, 3.8) is 0 Å². The summed E-state index contributed by atoms with van der Waals surface area (Å²) in [6.07, 6.45) is 0. The molecule has 0 aliphatic heterocycles. The first kappa shape index (κ1) is 13.5. The van der Waals surface area contributed by atoms with Gasteiger partial charge in [-0.1, -0.05) is 23.7 Å². The molecule has 0 aliphatic carbocycles. The molecular weight excluding hydrogens is 265 g/mol. The van der Waals surface area contributed by atoms with Crippen LogP contribution in [0.1, 0.15) is 16.7 Å². The summed E-state index contributed by atoms with van der Waals surface area (Å²) in [6.45, 7) is 0.585. The summed E-state index contributed by atoms with van der Waals surface area (Å²) >= 11 is 5.78. The first-order chi connectivity index (χ1) is 9.19. The SMILES string of the molecule is N#Cc1ccc(F)cc1COCc1ccc(Cl)cc1. The van der Waals surface area contributed by atoms with Crippen LogP contribution in [0.5, 0.6) is 0 Å². The second kappa shape index (κ2) is 6.33. The highest BCUT2D eigenvalue weighted by Gasteiger charge is 2.04. The minimum absolute atomic E-state index is 0.198. The van der Waals surface area contributed by atoms with Crippen LogP contribution in [0.15, 0.2) is 42.5 Å². The second-order valence-corrected chi connectivity index (χ2v) is 4.47. The molecule has 0 amide bonds. The first-order valence-corrected chi connectivity index (χ1v) is 6.07. The van der Waals surface area contributed by atoms with E-state index in [1.165, 1.54) is 18.2 Å². The number of rotatable bonds is 4. The van der Waals surface area contributed by atoms with E-state index in [0.29, 0.717) is 22.8 Å². The Kier molecular flexibility index (Phi) is 4.51. The van der Waals surface area contributed by atoms with Crippen LogP contribution in [0.4, 0.5) is 4.39 Å². The molecule has 0 aromatic heterocycles. The van der Waals surface area contributed by atoms with Gasteiger partial charge in [-0.25, -0.2) is 4.39 Å². The van der Waals surface area contributed by atoms with Crippen molar-refractivity contribution in [3.8, 4) is 6.07 Å². The normalized spacial score (nSPS) is 10.2. The number of halogens is 2. The molecule has 0 spiro atoms. The molecular formula is C15H11ClFNO. The third-order valence-corrected chi connectivity index (χ3v) is 2.88. The summed E-state index contributed by atoms with van der Waals surface area (Å²) in [5, 5.41) is 9.58. The summed E-state index contributed by atoms with van der Waals surface area (Å²) in [6, 6.07) is 13.3. The molecule has 4 heteroatoms. The van der Waals surface area contributed by atoms with Crippen LogP contribution in [0.25, 0.3) is 0 Å². The van der Waals surface area contributed by atoms with E-state index in [-0.39, 0.29) is 12.4 Å². The maximum absolute atomic E-state index is 13.1. The predicted molar refractivity (Wildman–Crippen MR) is 71.1 cm³/mol. The van der Waals surface area contributed by atoms with Gasteiger partial charge in [-0.15, -0.1) is 0 Å². The number of hydrogen-bond donors (Lipinski definition) is 0. The maximum atomic E-state index is 13.1. The fourth-order valence-electron chi connectivity index (χ4n) is 1.65. The Balaban J connectivity index is 1.98. The van der Waals surface area contributed by atoms with Gasteiger partial charge >= 0.3 is 0 Å². The molecule has 0 saturated carbocycles. The average Bonchev–Trinajstić information content (AvgIpc) is 2.41. The van der Waals surface area contributed by atoms with Gasteiger partial charge in [0, 0.05) is 5.02 Å². The third-order valence-electron chi connectivity index (χ3n) is 2.63. The van der Waals surface area contributed by atoms with Gasteiger partial charge in [-0.3, -0.25) is 0 Å². The minimum atomic E-state index is -0.371. The van der Waals surface area contributed by atoms with Crippen molar-refractivity contribution in [1.82, 2.24) is 0 Å². The topological polar surface area (TPSA) is 33.0 Å². The zero-order chi connectivity index (χ0) is 13.7. The molecule has 2 aromatic rings. The van der Waals surface area contributed by atoms with Crippen molar-refractivity contribution < 1.29 is 9.13 Å². The third kappa shape index (κ3) is 3.78. The van der Waals surface area contributed by atoms with Crippen LogP contribution < -0.4 is 0 Å². The summed E-state index contributed by atoms with van der Waals surface area (Å²) in [5.74, 6) is -0.371. The zero-order valence-corrected chi connectivity index (χ0v) is 10.8. The number of ether oxygens (including phenoxy) is 1. The van der Waals surface area contributed by atoms with Crippen LogP contribution in [-0.2, 0) is 18.0 Å². The van der Waals surface area contributed by atoms with E-state index in [1.807, 2.05) is 18.2 Å². The van der Waals surface area contributed by atoms with Crippen LogP contribution >= 0.6 is 11.6 Å². The van der Waals surface area contributed by atoms with E-state index < -0.39 is 0 Å². The van der Waals surface area contributed by atoms with Gasteiger partial charge in [0.15, 0.2) is 0 Å².